The summed E-state index contributed by atoms with van der Waals surface area (Å²) in [6.45, 7) is 34.7. The molecule has 5 nitrogen and oxygen atoms in total. The molecule has 10 heteroatoms. The monoisotopic (exact) mass is 985 g/mol. The van der Waals surface area contributed by atoms with Crippen molar-refractivity contribution >= 4 is 85.3 Å². The van der Waals surface area contributed by atoms with Crippen molar-refractivity contribution in [3.8, 4) is 0 Å². The van der Waals surface area contributed by atoms with Crippen LogP contribution in [0.25, 0.3) is 0 Å². The van der Waals surface area contributed by atoms with E-state index >= 15 is 0 Å². The van der Waals surface area contributed by atoms with Crippen molar-refractivity contribution in [2.75, 3.05) is 0 Å². The molecule has 64 heavy (non-hydrogen) atoms. The van der Waals surface area contributed by atoms with Crippen LogP contribution in [0.3, 0.4) is 0 Å². The average molecular weight is 986 g/mol. The number of hydrogen-bond donors (Lipinski definition) is 1. The molecule has 0 aliphatic carbocycles. The van der Waals surface area contributed by atoms with E-state index in [1.165, 1.54) is 60.4 Å². The Labute approximate surface area is 418 Å². The summed E-state index contributed by atoms with van der Waals surface area (Å²) in [5.41, 5.74) is 0. The third-order valence-electron chi connectivity index (χ3n) is 11.1. The Morgan fingerprint density at radius 2 is 0.953 bits per heavy atom. The number of rotatable bonds is 30. The fraction of sp³-hybridized carbons (Fsp3) is 0.759. The van der Waals surface area contributed by atoms with Gasteiger partial charge in [-0.2, -0.15) is 0 Å². The minimum atomic E-state index is -0.139. The number of allylic oxidation sites excluding steroid dienone is 8. The molecule has 0 heterocycles. The van der Waals surface area contributed by atoms with E-state index in [2.05, 4.69) is 144 Å². The summed E-state index contributed by atoms with van der Waals surface area (Å²) < 4.78 is 0. The highest BCUT2D eigenvalue weighted by molar-refractivity contribution is 8.14. The van der Waals surface area contributed by atoms with Gasteiger partial charge in [0, 0.05) is 55.6 Å². The normalized spacial score (nSPS) is 17.5. The van der Waals surface area contributed by atoms with Gasteiger partial charge in [-0.3, -0.25) is 24.0 Å². The average Bonchev–Trinajstić information content (AvgIpc) is 3.16. The summed E-state index contributed by atoms with van der Waals surface area (Å²) in [5, 5.41) is 1.71. The van der Waals surface area contributed by atoms with E-state index in [1.54, 1.807) is 27.7 Å². The summed E-state index contributed by atoms with van der Waals surface area (Å²) in [5.74, 6) is 3.97. The van der Waals surface area contributed by atoms with Gasteiger partial charge in [-0.05, 0) is 138 Å². The second kappa shape index (κ2) is 42.2. The molecule has 0 aliphatic rings. The first-order chi connectivity index (χ1) is 29.9. The van der Waals surface area contributed by atoms with E-state index < -0.39 is 0 Å². The van der Waals surface area contributed by atoms with Gasteiger partial charge in [-0.25, -0.2) is 0 Å². The van der Waals surface area contributed by atoms with Gasteiger partial charge >= 0.3 is 0 Å². The maximum Gasteiger partial charge on any atom is 0.186 e. The van der Waals surface area contributed by atoms with Crippen LogP contribution in [0.4, 0.5) is 0 Å². The molecule has 0 rings (SSSR count). The van der Waals surface area contributed by atoms with Gasteiger partial charge in [0.05, 0.1) is 0 Å². The van der Waals surface area contributed by atoms with Crippen LogP contribution in [0, 0.1) is 47.3 Å². The standard InChI is InChI=1S/C40H70O4S4.C12H22.C2H4OS/c1-13-16-18-27(4)21-38(46-33(10)42)22-28(5)19-20-40(48-35(12)44)30(7)23-36(17-14-2)26-37(25-31(8)45-32(9)41)24-29(6)39(15-3)47-34(11)43;1-5-7-9-12(4)10-11(3)8-6-2;1-2(3)4/h14,16-18,27-31,36-40H,13,15,19-26H2,1-12H3;6-9,11-12H,5,10H2,1-4H3;1H3,(H,3,4)/b17-14+,18-16+;8-6+,9-7+;. The lowest BCUT2D eigenvalue weighted by Crippen LogP contribution is -2.24. The molecule has 12 unspecified atom stereocenters. The van der Waals surface area contributed by atoms with Gasteiger partial charge in [0.25, 0.3) is 0 Å². The van der Waals surface area contributed by atoms with Crippen LogP contribution in [-0.2, 0) is 24.0 Å². The quantitative estimate of drug-likeness (QED) is 0.0559. The van der Waals surface area contributed by atoms with Gasteiger partial charge < -0.3 is 0 Å². The third kappa shape index (κ3) is 42.4. The van der Waals surface area contributed by atoms with Crippen molar-refractivity contribution in [3.63, 3.8) is 0 Å². The van der Waals surface area contributed by atoms with Gasteiger partial charge in [0.2, 0.25) is 0 Å². The van der Waals surface area contributed by atoms with Crippen LogP contribution >= 0.6 is 59.7 Å². The highest BCUT2D eigenvalue weighted by atomic mass is 32.2. The van der Waals surface area contributed by atoms with Crippen molar-refractivity contribution in [2.45, 2.75) is 216 Å². The maximum absolute atomic E-state index is 12.4. The first kappa shape index (κ1) is 67.3. The smallest absolute Gasteiger partial charge is 0.186 e. The summed E-state index contributed by atoms with van der Waals surface area (Å²) in [4.78, 5) is 57.7. The van der Waals surface area contributed by atoms with Crippen molar-refractivity contribution in [1.82, 2.24) is 0 Å². The predicted octanol–water partition coefficient (Wildman–Crippen LogP) is 17.1. The fourth-order valence-corrected chi connectivity index (χ4v) is 12.8. The van der Waals surface area contributed by atoms with Gasteiger partial charge in [-0.1, -0.05) is 165 Å². The third-order valence-corrected chi connectivity index (χ3v) is 15.8. The number of hydrogen-bond acceptors (Lipinski definition) is 9. The Balaban J connectivity index is -0.00000195. The SMILES string of the molecule is C/C=C/C(C)CC(C)/C=C/CC.C/C=C/C(CC(CC(C)SC(C)=O)CC(C)C(CC)SC(C)=O)CC(C)C(CCC(C)CC(CC(C)/C=C/CC)SC(C)=O)SC(C)=O.CC(=O)S. The molecule has 0 spiro atoms. The van der Waals surface area contributed by atoms with Crippen LogP contribution in [0.5, 0.6) is 0 Å². The topological polar surface area (TPSA) is 85.3 Å². The van der Waals surface area contributed by atoms with Crippen LogP contribution in [0.15, 0.2) is 48.6 Å². The minimum absolute atomic E-state index is 0.139. The lowest BCUT2D eigenvalue weighted by molar-refractivity contribution is -0.110. The molecule has 0 radical (unpaired) electrons. The molecule has 0 aromatic carbocycles. The molecule has 0 amide bonds. The number of thioether (sulfide) groups is 4. The van der Waals surface area contributed by atoms with Crippen molar-refractivity contribution in [2.24, 2.45) is 47.3 Å². The van der Waals surface area contributed by atoms with E-state index in [9.17, 15) is 24.0 Å². The fourth-order valence-electron chi connectivity index (χ4n) is 8.58. The molecular weight excluding hydrogens is 889 g/mol. The van der Waals surface area contributed by atoms with Gasteiger partial charge in [0.1, 0.15) is 0 Å². The summed E-state index contributed by atoms with van der Waals surface area (Å²) in [6, 6.07) is 0. The zero-order valence-electron chi connectivity index (χ0n) is 43.7. The molecule has 0 aliphatic heterocycles. The summed E-state index contributed by atoms with van der Waals surface area (Å²) in [7, 11) is 0. The van der Waals surface area contributed by atoms with Crippen molar-refractivity contribution in [1.29, 1.82) is 0 Å². The van der Waals surface area contributed by atoms with Gasteiger partial charge in [0.15, 0.2) is 25.6 Å². The minimum Gasteiger partial charge on any atom is -0.288 e. The second-order valence-corrected chi connectivity index (χ2v) is 25.0. The molecule has 0 saturated carbocycles. The number of carbonyl (C=O) groups is 5. The molecule has 0 fully saturated rings. The molecule has 0 bridgehead atoms. The Kier molecular flexibility index (Phi) is 44.4. The zero-order valence-corrected chi connectivity index (χ0v) is 47.8. The Morgan fingerprint density at radius 3 is 1.41 bits per heavy atom. The summed E-state index contributed by atoms with van der Waals surface area (Å²) in [6.07, 6.45) is 30.6. The molecule has 372 valence electrons. The zero-order chi connectivity index (χ0) is 49.8. The van der Waals surface area contributed by atoms with E-state index in [0.717, 1.165) is 76.5 Å². The van der Waals surface area contributed by atoms with E-state index in [0.29, 0.717) is 51.9 Å². The van der Waals surface area contributed by atoms with Crippen molar-refractivity contribution < 1.29 is 24.0 Å². The van der Waals surface area contributed by atoms with Crippen LogP contribution in [0.2, 0.25) is 0 Å². The Hall–Kier alpha value is -0.940. The van der Waals surface area contributed by atoms with E-state index in [-0.39, 0.29) is 36.1 Å². The first-order valence-electron chi connectivity index (χ1n) is 24.4. The second-order valence-electron chi connectivity index (χ2n) is 18.4. The highest BCUT2D eigenvalue weighted by Crippen LogP contribution is 2.38. The highest BCUT2D eigenvalue weighted by Gasteiger charge is 2.29. The van der Waals surface area contributed by atoms with Crippen LogP contribution < -0.4 is 0 Å². The molecule has 0 saturated heterocycles. The molecule has 0 N–H and O–H groups in total. The first-order valence-corrected chi connectivity index (χ1v) is 28.4. The Bertz CT molecular complexity index is 1370. The number of thiol groups is 1. The molecule has 0 aromatic rings. The lowest BCUT2D eigenvalue weighted by Gasteiger charge is -2.32. The number of carbonyl (C=O) groups excluding carboxylic acids is 5. The molecule has 12 atom stereocenters. The van der Waals surface area contributed by atoms with Gasteiger partial charge in [-0.15, -0.1) is 12.6 Å². The molecule has 0 aromatic heterocycles. The Morgan fingerprint density at radius 1 is 0.500 bits per heavy atom. The summed E-state index contributed by atoms with van der Waals surface area (Å²) >= 11 is 9.26. The van der Waals surface area contributed by atoms with Crippen molar-refractivity contribution in [3.05, 3.63) is 48.6 Å². The van der Waals surface area contributed by atoms with Crippen LogP contribution in [-0.4, -0.2) is 46.6 Å². The van der Waals surface area contributed by atoms with E-state index in [1.807, 2.05) is 0 Å². The lowest BCUT2D eigenvalue weighted by atomic mass is 9.79. The van der Waals surface area contributed by atoms with E-state index in [4.69, 9.17) is 0 Å². The predicted molar refractivity (Wildman–Crippen MR) is 296 cm³/mol. The molecular formula is C54H96O5S5. The maximum atomic E-state index is 12.4. The van der Waals surface area contributed by atoms with Crippen LogP contribution in [0.1, 0.15) is 195 Å². The largest absolute Gasteiger partial charge is 0.288 e.